The molecule has 3 N–H and O–H groups in total. The summed E-state index contributed by atoms with van der Waals surface area (Å²) in [6.07, 6.45) is 3.19. The van der Waals surface area contributed by atoms with Crippen LogP contribution in [0.4, 0.5) is 0 Å². The molecule has 0 radical (unpaired) electrons. The van der Waals surface area contributed by atoms with Gasteiger partial charge in [0.15, 0.2) is 0 Å². The van der Waals surface area contributed by atoms with E-state index >= 15 is 0 Å². The van der Waals surface area contributed by atoms with Gasteiger partial charge in [-0.25, -0.2) is 0 Å². The lowest BCUT2D eigenvalue weighted by Gasteiger charge is -2.20. The Kier molecular flexibility index (Phi) is 1.08. The molecular formula is C7H13NO. The van der Waals surface area contributed by atoms with E-state index in [2.05, 4.69) is 0 Å². The van der Waals surface area contributed by atoms with Crippen LogP contribution in [-0.2, 0) is 0 Å². The smallest absolute Gasteiger partial charge is 0.0572 e. The van der Waals surface area contributed by atoms with Gasteiger partial charge < -0.3 is 10.8 Å². The molecule has 0 aromatic carbocycles. The van der Waals surface area contributed by atoms with Gasteiger partial charge in [-0.1, -0.05) is 0 Å². The average Bonchev–Trinajstić information content (AvgIpc) is 2.24. The van der Waals surface area contributed by atoms with Crippen LogP contribution < -0.4 is 5.73 Å². The topological polar surface area (TPSA) is 46.2 Å². The van der Waals surface area contributed by atoms with Gasteiger partial charge in [-0.05, 0) is 31.1 Å². The number of rotatable bonds is 0. The monoisotopic (exact) mass is 127 g/mol. The minimum atomic E-state index is -0.0187. The maximum Gasteiger partial charge on any atom is 0.0572 e. The van der Waals surface area contributed by atoms with Crippen LogP contribution in [0.5, 0.6) is 0 Å². The van der Waals surface area contributed by atoms with Crippen molar-refractivity contribution in [3.63, 3.8) is 0 Å². The summed E-state index contributed by atoms with van der Waals surface area (Å²) in [7, 11) is 0. The van der Waals surface area contributed by atoms with Gasteiger partial charge in [0.2, 0.25) is 0 Å². The first-order valence-corrected chi connectivity index (χ1v) is 3.71. The Hall–Kier alpha value is -0.0800. The van der Waals surface area contributed by atoms with E-state index in [0.29, 0.717) is 17.9 Å². The summed E-state index contributed by atoms with van der Waals surface area (Å²) in [5.41, 5.74) is 5.77. The van der Waals surface area contributed by atoms with Crippen LogP contribution in [0.15, 0.2) is 0 Å². The molecule has 0 aromatic rings. The van der Waals surface area contributed by atoms with Crippen LogP contribution in [0.3, 0.4) is 0 Å². The first kappa shape index (κ1) is 5.69. The van der Waals surface area contributed by atoms with Crippen LogP contribution in [0.25, 0.3) is 0 Å². The molecule has 2 bridgehead atoms. The van der Waals surface area contributed by atoms with Gasteiger partial charge in [-0.3, -0.25) is 0 Å². The lowest BCUT2D eigenvalue weighted by Crippen LogP contribution is -2.31. The van der Waals surface area contributed by atoms with Gasteiger partial charge in [0.1, 0.15) is 0 Å². The van der Waals surface area contributed by atoms with E-state index < -0.39 is 0 Å². The first-order chi connectivity index (χ1) is 4.27. The predicted molar refractivity (Wildman–Crippen MR) is 34.8 cm³/mol. The number of hydrogen-bond donors (Lipinski definition) is 2. The largest absolute Gasteiger partial charge is 0.393 e. The predicted octanol–water partition coefficient (Wildman–Crippen LogP) is 0.104. The quantitative estimate of drug-likeness (QED) is 0.485. The van der Waals surface area contributed by atoms with Gasteiger partial charge in [-0.15, -0.1) is 0 Å². The molecule has 2 nitrogen and oxygen atoms in total. The summed E-state index contributed by atoms with van der Waals surface area (Å²) in [5, 5.41) is 9.28. The van der Waals surface area contributed by atoms with Crippen molar-refractivity contribution in [2.75, 3.05) is 0 Å². The molecule has 2 heteroatoms. The van der Waals surface area contributed by atoms with E-state index in [1.807, 2.05) is 0 Å². The second kappa shape index (κ2) is 1.70. The van der Waals surface area contributed by atoms with E-state index in [4.69, 9.17) is 5.73 Å². The maximum atomic E-state index is 9.28. The molecule has 0 spiro atoms. The Balaban J connectivity index is 2.10. The standard InChI is InChI=1S/C7H13NO/c8-6-2-5-1-4(6)3-7(5)9/h4-7,9H,1-3,8H2/t4-,5-,6-,7+/m1/s1. The molecule has 0 unspecified atom stereocenters. The maximum absolute atomic E-state index is 9.28. The van der Waals surface area contributed by atoms with E-state index in [-0.39, 0.29) is 6.10 Å². The molecule has 0 heterocycles. The van der Waals surface area contributed by atoms with E-state index in [1.165, 1.54) is 6.42 Å². The van der Waals surface area contributed by atoms with Crippen LogP contribution in [0.1, 0.15) is 19.3 Å². The summed E-state index contributed by atoms with van der Waals surface area (Å²) in [4.78, 5) is 0. The van der Waals surface area contributed by atoms with Crippen molar-refractivity contribution in [1.82, 2.24) is 0 Å². The molecule has 2 aliphatic rings. The highest BCUT2D eigenvalue weighted by Crippen LogP contribution is 2.43. The zero-order chi connectivity index (χ0) is 6.43. The van der Waals surface area contributed by atoms with E-state index in [9.17, 15) is 5.11 Å². The number of aliphatic hydroxyl groups excluding tert-OH is 1. The molecule has 0 saturated heterocycles. The van der Waals surface area contributed by atoms with Crippen molar-refractivity contribution in [3.05, 3.63) is 0 Å². The zero-order valence-corrected chi connectivity index (χ0v) is 5.46. The number of fused-ring (bicyclic) bond motifs is 2. The summed E-state index contributed by atoms with van der Waals surface area (Å²) >= 11 is 0. The van der Waals surface area contributed by atoms with Crippen molar-refractivity contribution in [3.8, 4) is 0 Å². The molecule has 52 valence electrons. The Bertz CT molecular complexity index is 108. The lowest BCUT2D eigenvalue weighted by atomic mass is 9.94. The fourth-order valence-electron chi connectivity index (χ4n) is 2.29. The van der Waals surface area contributed by atoms with Gasteiger partial charge in [-0.2, -0.15) is 0 Å². The van der Waals surface area contributed by atoms with Crippen molar-refractivity contribution in [1.29, 1.82) is 0 Å². The van der Waals surface area contributed by atoms with Crippen LogP contribution >= 0.6 is 0 Å². The van der Waals surface area contributed by atoms with Crippen molar-refractivity contribution in [2.45, 2.75) is 31.4 Å². The summed E-state index contributed by atoms with van der Waals surface area (Å²) in [5.74, 6) is 1.19. The molecule has 2 fully saturated rings. The highest BCUT2D eigenvalue weighted by Gasteiger charge is 2.43. The minimum Gasteiger partial charge on any atom is -0.393 e. The van der Waals surface area contributed by atoms with Crippen LogP contribution in [0, 0.1) is 11.8 Å². The van der Waals surface area contributed by atoms with Gasteiger partial charge >= 0.3 is 0 Å². The molecule has 0 aliphatic heterocycles. The summed E-state index contributed by atoms with van der Waals surface area (Å²) < 4.78 is 0. The Morgan fingerprint density at radius 1 is 1.11 bits per heavy atom. The third kappa shape index (κ3) is 0.700. The Morgan fingerprint density at radius 3 is 2.22 bits per heavy atom. The number of nitrogens with two attached hydrogens (primary N) is 1. The molecule has 2 saturated carbocycles. The van der Waals surface area contributed by atoms with Crippen molar-refractivity contribution in [2.24, 2.45) is 17.6 Å². The minimum absolute atomic E-state index is 0.0187. The highest BCUT2D eigenvalue weighted by molar-refractivity contribution is 4.97. The first-order valence-electron chi connectivity index (χ1n) is 3.71. The molecule has 0 aromatic heterocycles. The highest BCUT2D eigenvalue weighted by atomic mass is 16.3. The molecule has 4 atom stereocenters. The van der Waals surface area contributed by atoms with E-state index in [1.54, 1.807) is 0 Å². The number of hydrogen-bond acceptors (Lipinski definition) is 2. The average molecular weight is 127 g/mol. The molecule has 0 amide bonds. The Labute approximate surface area is 55.1 Å². The Morgan fingerprint density at radius 2 is 1.89 bits per heavy atom. The van der Waals surface area contributed by atoms with E-state index in [0.717, 1.165) is 12.8 Å². The third-order valence-corrected chi connectivity index (χ3v) is 2.87. The summed E-state index contributed by atoms with van der Waals surface area (Å²) in [6.45, 7) is 0. The molecular weight excluding hydrogens is 114 g/mol. The fourth-order valence-corrected chi connectivity index (χ4v) is 2.29. The second-order valence-corrected chi connectivity index (χ2v) is 3.46. The fraction of sp³-hybridized carbons (Fsp3) is 1.00. The lowest BCUT2D eigenvalue weighted by molar-refractivity contribution is 0.108. The molecule has 9 heavy (non-hydrogen) atoms. The van der Waals surface area contributed by atoms with Crippen LogP contribution in [-0.4, -0.2) is 17.3 Å². The van der Waals surface area contributed by atoms with Gasteiger partial charge in [0.25, 0.3) is 0 Å². The van der Waals surface area contributed by atoms with Crippen LogP contribution in [0.2, 0.25) is 0 Å². The SMILES string of the molecule is N[C@@H]1C[C@H]2C[C@@H]1C[C@@H]2O. The zero-order valence-electron chi connectivity index (χ0n) is 5.46. The van der Waals surface area contributed by atoms with Crippen molar-refractivity contribution < 1.29 is 5.11 Å². The normalized spacial score (nSPS) is 56.7. The second-order valence-electron chi connectivity index (χ2n) is 3.46. The summed E-state index contributed by atoms with van der Waals surface area (Å²) in [6, 6.07) is 0.401. The molecule has 2 aliphatic carbocycles. The van der Waals surface area contributed by atoms with Gasteiger partial charge in [0.05, 0.1) is 6.10 Å². The number of aliphatic hydroxyl groups is 1. The van der Waals surface area contributed by atoms with Gasteiger partial charge in [0, 0.05) is 6.04 Å². The van der Waals surface area contributed by atoms with Crippen molar-refractivity contribution >= 4 is 0 Å². The molecule has 2 rings (SSSR count). The third-order valence-electron chi connectivity index (χ3n) is 2.87.